The summed E-state index contributed by atoms with van der Waals surface area (Å²) in [5, 5.41) is 10.5. The Kier molecular flexibility index (Phi) is 7.58. The van der Waals surface area contributed by atoms with Crippen molar-refractivity contribution in [1.29, 1.82) is 0 Å². The van der Waals surface area contributed by atoms with E-state index in [2.05, 4.69) is 26.7 Å². The van der Waals surface area contributed by atoms with E-state index in [1.807, 2.05) is 54.6 Å². The van der Waals surface area contributed by atoms with Gasteiger partial charge in [0.25, 0.3) is 11.8 Å². The molecule has 0 spiro atoms. The zero-order valence-electron chi connectivity index (χ0n) is 20.9. The fourth-order valence-electron chi connectivity index (χ4n) is 4.54. The van der Waals surface area contributed by atoms with Crippen LogP contribution in [0.5, 0.6) is 0 Å². The lowest BCUT2D eigenvalue weighted by molar-refractivity contribution is -0.112. The van der Waals surface area contributed by atoms with Gasteiger partial charge in [-0.05, 0) is 42.7 Å². The van der Waals surface area contributed by atoms with Crippen molar-refractivity contribution in [1.82, 2.24) is 14.7 Å². The number of morpholine rings is 1. The van der Waals surface area contributed by atoms with Gasteiger partial charge in [0.05, 0.1) is 18.9 Å². The molecule has 1 aliphatic heterocycles. The monoisotopic (exact) mass is 497 g/mol. The maximum Gasteiger partial charge on any atom is 0.256 e. The van der Waals surface area contributed by atoms with Crippen molar-refractivity contribution in [2.45, 2.75) is 12.8 Å². The van der Waals surface area contributed by atoms with Crippen LogP contribution in [0.3, 0.4) is 0 Å². The van der Waals surface area contributed by atoms with Crippen LogP contribution >= 0.6 is 0 Å². The van der Waals surface area contributed by atoms with E-state index in [9.17, 15) is 9.59 Å². The second-order valence-corrected chi connectivity index (χ2v) is 9.20. The Morgan fingerprint density at radius 2 is 1.65 bits per heavy atom. The van der Waals surface area contributed by atoms with Crippen LogP contribution in [0.2, 0.25) is 0 Å². The minimum Gasteiger partial charge on any atom is -0.379 e. The Morgan fingerprint density at radius 1 is 0.919 bits per heavy atom. The summed E-state index contributed by atoms with van der Waals surface area (Å²) in [6.45, 7) is 4.02. The fraction of sp³-hybridized carbons (Fsp3) is 0.276. The highest BCUT2D eigenvalue weighted by atomic mass is 16.5. The molecule has 2 amide bonds. The molecule has 0 unspecified atom stereocenters. The third kappa shape index (κ3) is 6.04. The number of carbonyl (C=O) groups is 2. The number of ether oxygens (including phenoxy) is 1. The van der Waals surface area contributed by atoms with Crippen molar-refractivity contribution >= 4 is 23.3 Å². The molecule has 1 fully saturated rings. The first-order valence-electron chi connectivity index (χ1n) is 12.6. The van der Waals surface area contributed by atoms with Crippen molar-refractivity contribution in [3.63, 3.8) is 0 Å². The van der Waals surface area contributed by atoms with Gasteiger partial charge in [-0.15, -0.1) is 0 Å². The first-order chi connectivity index (χ1) is 18.1. The summed E-state index contributed by atoms with van der Waals surface area (Å²) in [5.74, 6) is 0.327. The number of amides is 2. The van der Waals surface area contributed by atoms with E-state index < -0.39 is 0 Å². The first kappa shape index (κ1) is 24.7. The molecule has 8 nitrogen and oxygen atoms in total. The summed E-state index contributed by atoms with van der Waals surface area (Å²) in [6, 6.07) is 18.5. The molecule has 0 radical (unpaired) electrons. The Labute approximate surface area is 216 Å². The van der Waals surface area contributed by atoms with E-state index in [4.69, 9.17) is 4.74 Å². The quantitative estimate of drug-likeness (QED) is 0.509. The number of nitrogens with zero attached hydrogens (tertiary/aromatic N) is 3. The van der Waals surface area contributed by atoms with E-state index in [1.54, 1.807) is 23.9 Å². The molecule has 5 rings (SSSR count). The van der Waals surface area contributed by atoms with Crippen molar-refractivity contribution < 1.29 is 14.3 Å². The number of rotatable bonds is 7. The maximum absolute atomic E-state index is 13.1. The van der Waals surface area contributed by atoms with Gasteiger partial charge in [-0.3, -0.25) is 19.2 Å². The summed E-state index contributed by atoms with van der Waals surface area (Å²) >= 11 is 0. The second kappa shape index (κ2) is 11.4. The van der Waals surface area contributed by atoms with Gasteiger partial charge >= 0.3 is 0 Å². The largest absolute Gasteiger partial charge is 0.379 e. The first-order valence-corrected chi connectivity index (χ1v) is 12.6. The van der Waals surface area contributed by atoms with Crippen LogP contribution in [0.4, 0.5) is 11.5 Å². The van der Waals surface area contributed by atoms with Gasteiger partial charge in [0.1, 0.15) is 5.82 Å². The Hall–Kier alpha value is -4.01. The molecule has 2 aliphatic rings. The lowest BCUT2D eigenvalue weighted by atomic mass is 9.96. The Morgan fingerprint density at radius 3 is 2.41 bits per heavy atom. The maximum atomic E-state index is 13.1. The predicted octanol–water partition coefficient (Wildman–Crippen LogP) is 4.26. The topological polar surface area (TPSA) is 88.5 Å². The highest BCUT2D eigenvalue weighted by Crippen LogP contribution is 2.25. The summed E-state index contributed by atoms with van der Waals surface area (Å²) in [4.78, 5) is 28.0. The Balaban J connectivity index is 1.23. The van der Waals surface area contributed by atoms with Gasteiger partial charge in [-0.1, -0.05) is 42.5 Å². The fourth-order valence-corrected chi connectivity index (χ4v) is 4.54. The molecule has 0 saturated carbocycles. The number of carbonyl (C=O) groups excluding carboxylic acids is 2. The van der Waals surface area contributed by atoms with E-state index in [1.165, 1.54) is 0 Å². The second-order valence-electron chi connectivity index (χ2n) is 9.20. The van der Waals surface area contributed by atoms with E-state index >= 15 is 0 Å². The number of aromatic nitrogens is 2. The standard InChI is InChI=1S/C29H31N5O3/c1-33-27(31-28(35)22-7-3-2-4-8-22)19-26(32-33)21-11-13-24(14-12-21)30-29(36)25-10-6-5-9-23(25)20-34-15-17-37-18-16-34/h2-4,7-14,19H,5-6,15-18,20H2,1H3,(H,30,36)(H,31,35). The minimum absolute atomic E-state index is 0.0873. The highest BCUT2D eigenvalue weighted by Gasteiger charge is 2.21. The van der Waals surface area contributed by atoms with Crippen molar-refractivity contribution in [2.24, 2.45) is 7.05 Å². The molecule has 1 aliphatic carbocycles. The molecular weight excluding hydrogens is 466 g/mol. The van der Waals surface area contributed by atoms with Crippen LogP contribution in [0.15, 0.2) is 84.0 Å². The van der Waals surface area contributed by atoms with Crippen LogP contribution in [-0.4, -0.2) is 59.3 Å². The summed E-state index contributed by atoms with van der Waals surface area (Å²) in [7, 11) is 1.79. The third-order valence-corrected chi connectivity index (χ3v) is 6.59. The molecule has 2 heterocycles. The van der Waals surface area contributed by atoms with Gasteiger partial charge in [-0.2, -0.15) is 5.10 Å². The number of hydrogen-bond donors (Lipinski definition) is 2. The van der Waals surface area contributed by atoms with Crippen molar-refractivity contribution in [3.8, 4) is 11.3 Å². The lowest BCUT2D eigenvalue weighted by Crippen LogP contribution is -2.38. The van der Waals surface area contributed by atoms with E-state index in [0.29, 0.717) is 11.4 Å². The average molecular weight is 498 g/mol. The minimum atomic E-state index is -0.188. The van der Waals surface area contributed by atoms with Crippen LogP contribution in [0.1, 0.15) is 23.2 Å². The normalized spacial score (nSPS) is 16.0. The molecule has 1 saturated heterocycles. The lowest BCUT2D eigenvalue weighted by Gasteiger charge is -2.29. The molecule has 2 N–H and O–H groups in total. The zero-order chi connectivity index (χ0) is 25.6. The Bertz CT molecular complexity index is 1320. The summed E-state index contributed by atoms with van der Waals surface area (Å²) in [6.07, 6.45) is 6.06. The predicted molar refractivity (Wildman–Crippen MR) is 144 cm³/mol. The molecule has 8 heteroatoms. The number of allylic oxidation sites excluding steroid dienone is 2. The number of anilines is 2. The summed E-state index contributed by atoms with van der Waals surface area (Å²) < 4.78 is 7.09. The molecule has 190 valence electrons. The van der Waals surface area contributed by atoms with Gasteiger partial charge in [0, 0.05) is 55.1 Å². The molecule has 1 aromatic heterocycles. The number of nitrogens with one attached hydrogen (secondary N) is 2. The molecule has 3 aromatic rings. The molecule has 0 bridgehead atoms. The smallest absolute Gasteiger partial charge is 0.256 e. The highest BCUT2D eigenvalue weighted by molar-refractivity contribution is 6.07. The average Bonchev–Trinajstić information content (AvgIpc) is 3.30. The van der Waals surface area contributed by atoms with Crippen LogP contribution < -0.4 is 10.6 Å². The molecule has 37 heavy (non-hydrogen) atoms. The number of benzene rings is 2. The van der Waals surface area contributed by atoms with Gasteiger partial charge in [-0.25, -0.2) is 0 Å². The van der Waals surface area contributed by atoms with Gasteiger partial charge in [0.15, 0.2) is 0 Å². The third-order valence-electron chi connectivity index (χ3n) is 6.59. The summed E-state index contributed by atoms with van der Waals surface area (Å²) in [5.41, 5.74) is 4.76. The van der Waals surface area contributed by atoms with E-state index in [-0.39, 0.29) is 11.8 Å². The molecular formula is C29H31N5O3. The van der Waals surface area contributed by atoms with Gasteiger partial charge in [0.2, 0.25) is 0 Å². The van der Waals surface area contributed by atoms with Crippen molar-refractivity contribution in [2.75, 3.05) is 43.5 Å². The molecule has 2 aromatic carbocycles. The number of aryl methyl sites for hydroxylation is 1. The SMILES string of the molecule is Cn1nc(-c2ccc(NC(=O)C3=CCCC=C3CN3CCOCC3)cc2)cc1NC(=O)c1ccccc1. The molecule has 0 atom stereocenters. The zero-order valence-corrected chi connectivity index (χ0v) is 20.9. The van der Waals surface area contributed by atoms with Crippen molar-refractivity contribution in [3.05, 3.63) is 89.5 Å². The van der Waals surface area contributed by atoms with Crippen LogP contribution in [0.25, 0.3) is 11.3 Å². The van der Waals surface area contributed by atoms with Crippen LogP contribution in [-0.2, 0) is 16.6 Å². The number of hydrogen-bond acceptors (Lipinski definition) is 5. The van der Waals surface area contributed by atoms with E-state index in [0.717, 1.165) is 73.8 Å². The van der Waals surface area contributed by atoms with Crippen LogP contribution in [0, 0.1) is 0 Å². The van der Waals surface area contributed by atoms with Gasteiger partial charge < -0.3 is 15.4 Å².